The summed E-state index contributed by atoms with van der Waals surface area (Å²) in [6.07, 6.45) is 1.62. The largest absolute Gasteiger partial charge is 0.439 e. The molecule has 0 aliphatic heterocycles. The van der Waals surface area contributed by atoms with E-state index >= 15 is 0 Å². The summed E-state index contributed by atoms with van der Waals surface area (Å²) in [5.74, 6) is 1.28. The molecule has 3 heteroatoms. The first kappa shape index (κ1) is 10.6. The van der Waals surface area contributed by atoms with Crippen LogP contribution in [-0.4, -0.2) is 10.1 Å². The lowest BCUT2D eigenvalue weighted by atomic mass is 10.2. The molecule has 0 fully saturated rings. The van der Waals surface area contributed by atoms with Crippen molar-refractivity contribution >= 4 is 0 Å². The number of aromatic nitrogens is 1. The molecule has 0 spiro atoms. The van der Waals surface area contributed by atoms with E-state index in [2.05, 4.69) is 4.98 Å². The summed E-state index contributed by atoms with van der Waals surface area (Å²) in [5, 5.41) is 9.00. The molecular weight excluding hydrogens is 202 g/mol. The number of nitrogens with zero attached hydrogens (tertiary/aromatic N) is 1. The lowest BCUT2D eigenvalue weighted by Crippen LogP contribution is -1.91. The number of pyridine rings is 1. The van der Waals surface area contributed by atoms with E-state index in [9.17, 15) is 0 Å². The quantitative estimate of drug-likeness (QED) is 0.855. The molecule has 0 unspecified atom stereocenters. The molecule has 3 nitrogen and oxygen atoms in total. The third kappa shape index (κ3) is 2.38. The molecule has 0 amide bonds. The van der Waals surface area contributed by atoms with E-state index < -0.39 is 0 Å². The molecule has 1 N–H and O–H groups in total. The van der Waals surface area contributed by atoms with Crippen LogP contribution < -0.4 is 4.74 Å². The van der Waals surface area contributed by atoms with Crippen LogP contribution in [0.3, 0.4) is 0 Å². The summed E-state index contributed by atoms with van der Waals surface area (Å²) in [7, 11) is 0. The van der Waals surface area contributed by atoms with Crippen LogP contribution in [0.15, 0.2) is 42.6 Å². The van der Waals surface area contributed by atoms with Crippen LogP contribution in [0, 0.1) is 6.92 Å². The highest BCUT2D eigenvalue weighted by atomic mass is 16.5. The first-order valence-corrected chi connectivity index (χ1v) is 5.09. The van der Waals surface area contributed by atoms with Crippen LogP contribution in [0.4, 0.5) is 0 Å². The average Bonchev–Trinajstić information content (AvgIpc) is 2.32. The van der Waals surface area contributed by atoms with Gasteiger partial charge in [0.1, 0.15) is 5.75 Å². The highest BCUT2D eigenvalue weighted by Gasteiger charge is 2.02. The van der Waals surface area contributed by atoms with Crippen molar-refractivity contribution in [3.8, 4) is 11.6 Å². The average molecular weight is 215 g/mol. The highest BCUT2D eigenvalue weighted by molar-refractivity contribution is 5.35. The highest BCUT2D eigenvalue weighted by Crippen LogP contribution is 2.23. The Labute approximate surface area is 94.3 Å². The van der Waals surface area contributed by atoms with E-state index in [-0.39, 0.29) is 6.61 Å². The fourth-order valence-electron chi connectivity index (χ4n) is 1.39. The second-order valence-corrected chi connectivity index (χ2v) is 3.53. The van der Waals surface area contributed by atoms with Gasteiger partial charge in [-0.3, -0.25) is 0 Å². The predicted octanol–water partition coefficient (Wildman–Crippen LogP) is 2.67. The molecule has 2 rings (SSSR count). The minimum Gasteiger partial charge on any atom is -0.439 e. The van der Waals surface area contributed by atoms with Crippen molar-refractivity contribution in [2.45, 2.75) is 13.5 Å². The molecule has 0 aliphatic carbocycles. The van der Waals surface area contributed by atoms with Gasteiger partial charge in [0.05, 0.1) is 6.61 Å². The van der Waals surface area contributed by atoms with Crippen LogP contribution in [0.25, 0.3) is 0 Å². The van der Waals surface area contributed by atoms with Crippen molar-refractivity contribution < 1.29 is 9.84 Å². The summed E-state index contributed by atoms with van der Waals surface area (Å²) >= 11 is 0. The zero-order valence-corrected chi connectivity index (χ0v) is 9.05. The van der Waals surface area contributed by atoms with Gasteiger partial charge in [-0.25, -0.2) is 4.98 Å². The maximum atomic E-state index is 9.00. The third-order valence-corrected chi connectivity index (χ3v) is 2.29. The van der Waals surface area contributed by atoms with Crippen molar-refractivity contribution in [1.82, 2.24) is 4.98 Å². The number of aryl methyl sites for hydroxylation is 1. The van der Waals surface area contributed by atoms with E-state index in [1.54, 1.807) is 18.3 Å². The third-order valence-electron chi connectivity index (χ3n) is 2.29. The molecule has 1 heterocycles. The standard InChI is InChI=1S/C13H13NO2/c1-10-4-2-3-5-12(10)16-13-8-11(9-15)6-7-14-13/h2-8,15H,9H2,1H3. The summed E-state index contributed by atoms with van der Waals surface area (Å²) in [4.78, 5) is 4.09. The number of ether oxygens (including phenoxy) is 1. The molecule has 1 aromatic carbocycles. The summed E-state index contributed by atoms with van der Waals surface area (Å²) in [6.45, 7) is 1.97. The molecule has 0 atom stereocenters. The van der Waals surface area contributed by atoms with E-state index in [0.717, 1.165) is 16.9 Å². The van der Waals surface area contributed by atoms with Gasteiger partial charge >= 0.3 is 0 Å². The first-order valence-electron chi connectivity index (χ1n) is 5.09. The molecule has 0 radical (unpaired) electrons. The van der Waals surface area contributed by atoms with Gasteiger partial charge in [-0.15, -0.1) is 0 Å². The molecule has 0 saturated heterocycles. The fourth-order valence-corrected chi connectivity index (χ4v) is 1.39. The second-order valence-electron chi connectivity index (χ2n) is 3.53. The number of rotatable bonds is 3. The zero-order valence-electron chi connectivity index (χ0n) is 9.05. The summed E-state index contributed by atoms with van der Waals surface area (Å²) in [5.41, 5.74) is 1.84. The summed E-state index contributed by atoms with van der Waals surface area (Å²) in [6, 6.07) is 11.2. The Bertz CT molecular complexity index is 483. The molecule has 82 valence electrons. The van der Waals surface area contributed by atoms with Gasteiger partial charge in [-0.2, -0.15) is 0 Å². The lowest BCUT2D eigenvalue weighted by molar-refractivity contribution is 0.281. The molecule has 1 aromatic heterocycles. The van der Waals surface area contributed by atoms with E-state index in [0.29, 0.717) is 5.88 Å². The second kappa shape index (κ2) is 4.77. The number of aliphatic hydroxyl groups excluding tert-OH is 1. The molecule has 0 bridgehead atoms. The Morgan fingerprint density at radius 1 is 1.25 bits per heavy atom. The van der Waals surface area contributed by atoms with Crippen molar-refractivity contribution in [2.75, 3.05) is 0 Å². The first-order chi connectivity index (χ1) is 7.79. The molecule has 16 heavy (non-hydrogen) atoms. The van der Waals surface area contributed by atoms with Gasteiger partial charge in [-0.05, 0) is 30.2 Å². The Morgan fingerprint density at radius 2 is 2.06 bits per heavy atom. The Balaban J connectivity index is 2.24. The number of benzene rings is 1. The Hall–Kier alpha value is -1.87. The SMILES string of the molecule is Cc1ccccc1Oc1cc(CO)ccn1. The van der Waals surface area contributed by atoms with Crippen LogP contribution in [0.2, 0.25) is 0 Å². The normalized spacial score (nSPS) is 10.1. The number of para-hydroxylation sites is 1. The van der Waals surface area contributed by atoms with Gasteiger partial charge in [0.15, 0.2) is 0 Å². The van der Waals surface area contributed by atoms with Crippen LogP contribution in [0.1, 0.15) is 11.1 Å². The molecule has 0 saturated carbocycles. The van der Waals surface area contributed by atoms with Gasteiger partial charge in [0, 0.05) is 12.3 Å². The minimum absolute atomic E-state index is 0.00729. The predicted molar refractivity (Wildman–Crippen MR) is 61.4 cm³/mol. The maximum absolute atomic E-state index is 9.00. The fraction of sp³-hybridized carbons (Fsp3) is 0.154. The number of aliphatic hydroxyl groups is 1. The van der Waals surface area contributed by atoms with Gasteiger partial charge in [0.2, 0.25) is 5.88 Å². The van der Waals surface area contributed by atoms with Gasteiger partial charge < -0.3 is 9.84 Å². The number of hydrogen-bond donors (Lipinski definition) is 1. The lowest BCUT2D eigenvalue weighted by Gasteiger charge is -2.07. The van der Waals surface area contributed by atoms with Crippen LogP contribution in [0.5, 0.6) is 11.6 Å². The van der Waals surface area contributed by atoms with Crippen molar-refractivity contribution in [3.05, 3.63) is 53.7 Å². The van der Waals surface area contributed by atoms with Crippen molar-refractivity contribution in [2.24, 2.45) is 0 Å². The zero-order chi connectivity index (χ0) is 11.4. The maximum Gasteiger partial charge on any atom is 0.219 e. The Morgan fingerprint density at radius 3 is 2.81 bits per heavy atom. The van der Waals surface area contributed by atoms with E-state index in [4.69, 9.17) is 9.84 Å². The topological polar surface area (TPSA) is 42.4 Å². The molecular formula is C13H13NO2. The van der Waals surface area contributed by atoms with Gasteiger partial charge in [-0.1, -0.05) is 18.2 Å². The van der Waals surface area contributed by atoms with Crippen molar-refractivity contribution in [1.29, 1.82) is 0 Å². The monoisotopic (exact) mass is 215 g/mol. The van der Waals surface area contributed by atoms with Crippen LogP contribution in [-0.2, 0) is 6.61 Å². The minimum atomic E-state index is -0.00729. The smallest absolute Gasteiger partial charge is 0.219 e. The van der Waals surface area contributed by atoms with Crippen LogP contribution >= 0.6 is 0 Å². The van der Waals surface area contributed by atoms with Crippen molar-refractivity contribution in [3.63, 3.8) is 0 Å². The molecule has 0 aliphatic rings. The van der Waals surface area contributed by atoms with E-state index in [1.807, 2.05) is 31.2 Å². The van der Waals surface area contributed by atoms with Gasteiger partial charge in [0.25, 0.3) is 0 Å². The number of hydrogen-bond acceptors (Lipinski definition) is 3. The van der Waals surface area contributed by atoms with E-state index in [1.165, 1.54) is 0 Å². The summed E-state index contributed by atoms with van der Waals surface area (Å²) < 4.78 is 5.63. The molecule has 2 aromatic rings. The Kier molecular flexibility index (Phi) is 3.17.